The summed E-state index contributed by atoms with van der Waals surface area (Å²) < 4.78 is 0. The Balaban J connectivity index is 4.21. The first kappa shape index (κ1) is 17.5. The molecule has 0 radical (unpaired) electrons. The molecule has 0 bridgehead atoms. The summed E-state index contributed by atoms with van der Waals surface area (Å²) in [5.74, 6) is 1.79. The van der Waals surface area contributed by atoms with Gasteiger partial charge in [-0.05, 0) is 53.4 Å². The quantitative estimate of drug-likeness (QED) is 0.514. The van der Waals surface area contributed by atoms with Crippen molar-refractivity contribution in [3.8, 4) is 12.3 Å². The number of carbonyl (C=O) groups is 1. The third-order valence-electron chi connectivity index (χ3n) is 3.17. The van der Waals surface area contributed by atoms with Gasteiger partial charge in [-0.15, -0.1) is 6.42 Å². The van der Waals surface area contributed by atoms with E-state index in [-0.39, 0.29) is 6.42 Å². The van der Waals surface area contributed by atoms with E-state index in [0.29, 0.717) is 0 Å². The van der Waals surface area contributed by atoms with E-state index in [0.717, 1.165) is 25.7 Å². The zero-order valence-corrected chi connectivity index (χ0v) is 12.6. The van der Waals surface area contributed by atoms with Crippen LogP contribution in [0.25, 0.3) is 0 Å². The van der Waals surface area contributed by atoms with Crippen molar-refractivity contribution in [2.45, 2.75) is 59.8 Å². The number of aliphatic carboxylic acids is 1. The molecule has 0 saturated carbocycles. The van der Waals surface area contributed by atoms with Gasteiger partial charge in [0, 0.05) is 5.41 Å². The van der Waals surface area contributed by atoms with Gasteiger partial charge in [-0.1, -0.05) is 29.2 Å². The molecule has 0 aliphatic rings. The number of carboxylic acids is 1. The summed E-state index contributed by atoms with van der Waals surface area (Å²) in [6.45, 7) is 8.16. The van der Waals surface area contributed by atoms with Crippen molar-refractivity contribution in [2.75, 3.05) is 0 Å². The average Bonchev–Trinajstić information content (AvgIpc) is 2.27. The summed E-state index contributed by atoms with van der Waals surface area (Å²) in [4.78, 5) is 10.8. The molecular formula is C17H26O2. The molecule has 0 fully saturated rings. The van der Waals surface area contributed by atoms with Gasteiger partial charge in [0.15, 0.2) is 0 Å². The van der Waals surface area contributed by atoms with Crippen LogP contribution in [0.2, 0.25) is 0 Å². The first-order valence-electron chi connectivity index (χ1n) is 6.77. The molecule has 1 unspecified atom stereocenters. The zero-order valence-electron chi connectivity index (χ0n) is 12.6. The zero-order chi connectivity index (χ0) is 14.9. The van der Waals surface area contributed by atoms with Crippen LogP contribution in [-0.2, 0) is 4.79 Å². The Kier molecular flexibility index (Phi) is 7.91. The van der Waals surface area contributed by atoms with E-state index in [2.05, 4.69) is 38.8 Å². The monoisotopic (exact) mass is 262 g/mol. The van der Waals surface area contributed by atoms with Crippen LogP contribution in [0.3, 0.4) is 0 Å². The first-order chi connectivity index (χ1) is 8.79. The predicted octanol–water partition coefficient (Wildman–Crippen LogP) is 4.57. The molecule has 0 aromatic carbocycles. The standard InChI is InChI=1S/C17H26O2/c1-6-17(5,13-16(18)19)12-8-11-15(4)10-7-9-14(2)3/h1,9,11H,7-8,10,12-13H2,2-5H3,(H,18,19)/b15-11+. The molecule has 0 aliphatic carbocycles. The van der Waals surface area contributed by atoms with Gasteiger partial charge in [-0.25, -0.2) is 0 Å². The molecule has 2 heteroatoms. The van der Waals surface area contributed by atoms with E-state index in [1.54, 1.807) is 0 Å². The molecule has 0 aliphatic heterocycles. The Hall–Kier alpha value is -1.49. The molecule has 1 N–H and O–H groups in total. The highest BCUT2D eigenvalue weighted by atomic mass is 16.4. The van der Waals surface area contributed by atoms with Crippen molar-refractivity contribution in [1.29, 1.82) is 0 Å². The Morgan fingerprint density at radius 2 is 1.89 bits per heavy atom. The SMILES string of the molecule is C#CC(C)(CC/C=C(\C)CCC=C(C)C)CC(=O)O. The summed E-state index contributed by atoms with van der Waals surface area (Å²) in [5.41, 5.74) is 2.14. The van der Waals surface area contributed by atoms with Crippen LogP contribution in [0, 0.1) is 17.8 Å². The minimum Gasteiger partial charge on any atom is -0.481 e. The number of allylic oxidation sites excluding steroid dienone is 4. The van der Waals surface area contributed by atoms with Crippen LogP contribution in [-0.4, -0.2) is 11.1 Å². The smallest absolute Gasteiger partial charge is 0.304 e. The largest absolute Gasteiger partial charge is 0.481 e. The highest BCUT2D eigenvalue weighted by Crippen LogP contribution is 2.27. The fourth-order valence-corrected chi connectivity index (χ4v) is 1.87. The Bertz CT molecular complexity index is 392. The van der Waals surface area contributed by atoms with Crippen LogP contribution in [0.5, 0.6) is 0 Å². The molecule has 0 amide bonds. The van der Waals surface area contributed by atoms with Gasteiger partial charge >= 0.3 is 5.97 Å². The fourth-order valence-electron chi connectivity index (χ4n) is 1.87. The van der Waals surface area contributed by atoms with Crippen LogP contribution >= 0.6 is 0 Å². The normalized spacial score (nSPS) is 14.4. The lowest BCUT2D eigenvalue weighted by Crippen LogP contribution is -2.18. The van der Waals surface area contributed by atoms with Crippen LogP contribution < -0.4 is 0 Å². The predicted molar refractivity (Wildman–Crippen MR) is 80.8 cm³/mol. The molecule has 0 spiro atoms. The lowest BCUT2D eigenvalue weighted by Gasteiger charge is -2.20. The number of carboxylic acid groups (broad SMARTS) is 1. The summed E-state index contributed by atoms with van der Waals surface area (Å²) in [7, 11) is 0. The molecular weight excluding hydrogens is 236 g/mol. The lowest BCUT2D eigenvalue weighted by atomic mass is 9.83. The highest BCUT2D eigenvalue weighted by molar-refractivity contribution is 5.68. The number of rotatable bonds is 8. The maximum absolute atomic E-state index is 10.8. The van der Waals surface area contributed by atoms with Crippen LogP contribution in [0.4, 0.5) is 0 Å². The second-order valence-corrected chi connectivity index (χ2v) is 5.68. The molecule has 0 saturated heterocycles. The molecule has 106 valence electrons. The van der Waals surface area contributed by atoms with Crippen molar-refractivity contribution in [3.05, 3.63) is 23.3 Å². The average molecular weight is 262 g/mol. The molecule has 0 aromatic rings. The van der Waals surface area contributed by atoms with Crippen LogP contribution in [0.15, 0.2) is 23.3 Å². The van der Waals surface area contributed by atoms with E-state index in [1.165, 1.54) is 11.1 Å². The van der Waals surface area contributed by atoms with Gasteiger partial charge < -0.3 is 5.11 Å². The van der Waals surface area contributed by atoms with Gasteiger partial charge in [0.05, 0.1) is 6.42 Å². The number of terminal acetylenes is 1. The Labute approximate surface area is 117 Å². The van der Waals surface area contributed by atoms with Gasteiger partial charge in [0.2, 0.25) is 0 Å². The lowest BCUT2D eigenvalue weighted by molar-refractivity contribution is -0.138. The molecule has 0 aromatic heterocycles. The maximum Gasteiger partial charge on any atom is 0.304 e. The minimum absolute atomic E-state index is 0.0359. The molecule has 1 atom stereocenters. The molecule has 19 heavy (non-hydrogen) atoms. The van der Waals surface area contributed by atoms with Crippen molar-refractivity contribution >= 4 is 5.97 Å². The molecule has 2 nitrogen and oxygen atoms in total. The van der Waals surface area contributed by atoms with Crippen molar-refractivity contribution in [3.63, 3.8) is 0 Å². The Morgan fingerprint density at radius 3 is 2.37 bits per heavy atom. The second-order valence-electron chi connectivity index (χ2n) is 5.68. The van der Waals surface area contributed by atoms with Crippen LogP contribution in [0.1, 0.15) is 59.8 Å². The van der Waals surface area contributed by atoms with Crippen molar-refractivity contribution < 1.29 is 9.90 Å². The van der Waals surface area contributed by atoms with E-state index >= 15 is 0 Å². The fraction of sp³-hybridized carbons (Fsp3) is 0.588. The first-order valence-corrected chi connectivity index (χ1v) is 6.77. The third kappa shape index (κ3) is 9.13. The van der Waals surface area contributed by atoms with E-state index < -0.39 is 11.4 Å². The van der Waals surface area contributed by atoms with Gasteiger partial charge in [0.25, 0.3) is 0 Å². The third-order valence-corrected chi connectivity index (χ3v) is 3.17. The second kappa shape index (κ2) is 8.58. The van der Waals surface area contributed by atoms with Gasteiger partial charge in [-0.2, -0.15) is 0 Å². The summed E-state index contributed by atoms with van der Waals surface area (Å²) in [6, 6.07) is 0. The van der Waals surface area contributed by atoms with E-state index in [9.17, 15) is 4.79 Å². The summed E-state index contributed by atoms with van der Waals surface area (Å²) in [6.07, 6.45) is 13.6. The van der Waals surface area contributed by atoms with Crippen molar-refractivity contribution in [2.24, 2.45) is 5.41 Å². The highest BCUT2D eigenvalue weighted by Gasteiger charge is 2.23. The Morgan fingerprint density at radius 1 is 1.26 bits per heavy atom. The van der Waals surface area contributed by atoms with Gasteiger partial charge in [0.1, 0.15) is 0 Å². The number of hydrogen-bond donors (Lipinski definition) is 1. The molecule has 0 heterocycles. The summed E-state index contributed by atoms with van der Waals surface area (Å²) in [5, 5.41) is 8.84. The topological polar surface area (TPSA) is 37.3 Å². The van der Waals surface area contributed by atoms with Crippen molar-refractivity contribution in [1.82, 2.24) is 0 Å². The van der Waals surface area contributed by atoms with E-state index in [1.807, 2.05) is 6.92 Å². The minimum atomic E-state index is -0.829. The van der Waals surface area contributed by atoms with Gasteiger partial charge in [-0.3, -0.25) is 4.79 Å². The maximum atomic E-state index is 10.8. The summed E-state index contributed by atoms with van der Waals surface area (Å²) >= 11 is 0. The molecule has 0 rings (SSSR count). The van der Waals surface area contributed by atoms with E-state index in [4.69, 9.17) is 11.5 Å². The number of hydrogen-bond acceptors (Lipinski definition) is 1.